The smallest absolute Gasteiger partial charge is 0.240 e. The Hall–Kier alpha value is -1.43. The maximum Gasteiger partial charge on any atom is 0.240 e. The van der Waals surface area contributed by atoms with Crippen LogP contribution in [0, 0.1) is 5.92 Å². The number of carbonyl (C=O) groups excluding carboxylic acids is 1. The predicted octanol–water partition coefficient (Wildman–Crippen LogP) is -0.187. The summed E-state index contributed by atoms with van der Waals surface area (Å²) in [7, 11) is 0. The van der Waals surface area contributed by atoms with Crippen molar-refractivity contribution in [1.29, 1.82) is 0 Å². The molecule has 1 amide bonds. The van der Waals surface area contributed by atoms with E-state index in [9.17, 15) is 4.79 Å². The molecule has 0 saturated heterocycles. The average Bonchev–Trinajstić information content (AvgIpc) is 2.94. The van der Waals surface area contributed by atoms with Gasteiger partial charge in [0.2, 0.25) is 12.3 Å². The highest BCUT2D eigenvalue weighted by Crippen LogP contribution is 2.38. The van der Waals surface area contributed by atoms with Gasteiger partial charge in [-0.1, -0.05) is 5.16 Å². The molecule has 1 aliphatic carbocycles. The van der Waals surface area contributed by atoms with Crippen LogP contribution in [0.15, 0.2) is 10.9 Å². The second-order valence-corrected chi connectivity index (χ2v) is 4.09. The molecule has 2 rings (SSSR count). The Morgan fingerprint density at radius 2 is 2.53 bits per heavy atom. The first-order valence-electron chi connectivity index (χ1n) is 4.93. The summed E-state index contributed by atoms with van der Waals surface area (Å²) < 4.78 is 4.55. The molecule has 6 nitrogen and oxygen atoms in total. The van der Waals surface area contributed by atoms with Gasteiger partial charge in [0.15, 0.2) is 5.82 Å². The van der Waals surface area contributed by atoms with E-state index in [0.717, 1.165) is 12.8 Å². The van der Waals surface area contributed by atoms with E-state index in [1.807, 2.05) is 0 Å². The molecule has 1 fully saturated rings. The monoisotopic (exact) mass is 210 g/mol. The van der Waals surface area contributed by atoms with E-state index in [-0.39, 0.29) is 12.5 Å². The lowest BCUT2D eigenvalue weighted by Crippen LogP contribution is -2.53. The van der Waals surface area contributed by atoms with Gasteiger partial charge < -0.3 is 15.6 Å². The molecule has 1 aliphatic rings. The second-order valence-electron chi connectivity index (χ2n) is 4.09. The Balaban J connectivity index is 1.86. The molecule has 1 aromatic heterocycles. The summed E-state index contributed by atoms with van der Waals surface area (Å²) in [4.78, 5) is 15.5. The van der Waals surface area contributed by atoms with Crippen LogP contribution in [0.2, 0.25) is 0 Å². The van der Waals surface area contributed by atoms with Gasteiger partial charge in [-0.25, -0.2) is 0 Å². The van der Waals surface area contributed by atoms with Gasteiger partial charge in [0.05, 0.1) is 12.1 Å². The summed E-state index contributed by atoms with van der Waals surface area (Å²) >= 11 is 0. The van der Waals surface area contributed by atoms with Crippen LogP contribution in [0.3, 0.4) is 0 Å². The summed E-state index contributed by atoms with van der Waals surface area (Å²) in [6, 6.07) is 0. The summed E-state index contributed by atoms with van der Waals surface area (Å²) in [6.07, 6.45) is 3.29. The molecule has 0 spiro atoms. The molecule has 1 aromatic rings. The Bertz CT molecular complexity index is 343. The van der Waals surface area contributed by atoms with E-state index < -0.39 is 5.54 Å². The number of amides is 1. The van der Waals surface area contributed by atoms with E-state index in [1.165, 1.54) is 6.39 Å². The SMILES string of the molecule is CC(N)(C(=O)NCc1ncon1)C1CC1. The number of nitrogens with one attached hydrogen (secondary N) is 1. The van der Waals surface area contributed by atoms with Crippen molar-refractivity contribution in [3.05, 3.63) is 12.2 Å². The number of nitrogens with two attached hydrogens (primary N) is 1. The molecule has 1 heterocycles. The molecule has 15 heavy (non-hydrogen) atoms. The van der Waals surface area contributed by atoms with Gasteiger partial charge in [0.1, 0.15) is 0 Å². The van der Waals surface area contributed by atoms with Crippen LogP contribution in [0.1, 0.15) is 25.6 Å². The fourth-order valence-electron chi connectivity index (χ4n) is 1.49. The Morgan fingerprint density at radius 3 is 3.07 bits per heavy atom. The van der Waals surface area contributed by atoms with Crippen molar-refractivity contribution in [2.45, 2.75) is 31.8 Å². The van der Waals surface area contributed by atoms with E-state index >= 15 is 0 Å². The van der Waals surface area contributed by atoms with E-state index in [2.05, 4.69) is 20.0 Å². The van der Waals surface area contributed by atoms with Crippen LogP contribution in [-0.4, -0.2) is 21.6 Å². The van der Waals surface area contributed by atoms with Crippen molar-refractivity contribution in [1.82, 2.24) is 15.5 Å². The molecule has 0 bridgehead atoms. The Labute approximate surface area is 87.2 Å². The van der Waals surface area contributed by atoms with E-state index in [0.29, 0.717) is 11.7 Å². The van der Waals surface area contributed by atoms with Gasteiger partial charge >= 0.3 is 0 Å². The number of nitrogens with zero attached hydrogens (tertiary/aromatic N) is 2. The quantitative estimate of drug-likeness (QED) is 0.718. The molecule has 0 aliphatic heterocycles. The molecule has 6 heteroatoms. The van der Waals surface area contributed by atoms with Gasteiger partial charge in [-0.2, -0.15) is 4.98 Å². The maximum absolute atomic E-state index is 11.7. The molecule has 82 valence electrons. The third kappa shape index (κ3) is 2.15. The maximum atomic E-state index is 11.7. The highest BCUT2D eigenvalue weighted by molar-refractivity contribution is 5.86. The van der Waals surface area contributed by atoms with Crippen LogP contribution in [0.5, 0.6) is 0 Å². The van der Waals surface area contributed by atoms with E-state index in [1.54, 1.807) is 6.92 Å². The first-order valence-corrected chi connectivity index (χ1v) is 4.93. The minimum Gasteiger partial charge on any atom is -0.347 e. The van der Waals surface area contributed by atoms with Gasteiger partial charge in [0.25, 0.3) is 0 Å². The normalized spacial score (nSPS) is 19.6. The summed E-state index contributed by atoms with van der Waals surface area (Å²) in [6.45, 7) is 2.02. The van der Waals surface area contributed by atoms with E-state index in [4.69, 9.17) is 5.73 Å². The van der Waals surface area contributed by atoms with Crippen LogP contribution < -0.4 is 11.1 Å². The highest BCUT2D eigenvalue weighted by Gasteiger charge is 2.43. The summed E-state index contributed by atoms with van der Waals surface area (Å²) in [5, 5.41) is 6.29. The van der Waals surface area contributed by atoms with Gasteiger partial charge in [-0.15, -0.1) is 0 Å². The molecule has 1 unspecified atom stereocenters. The zero-order valence-corrected chi connectivity index (χ0v) is 8.56. The number of hydrogen-bond acceptors (Lipinski definition) is 5. The molecular weight excluding hydrogens is 196 g/mol. The van der Waals surface area contributed by atoms with Crippen LogP contribution in [0.4, 0.5) is 0 Å². The molecule has 0 aromatic carbocycles. The number of hydrogen-bond donors (Lipinski definition) is 2. The number of carbonyl (C=O) groups is 1. The summed E-state index contributed by atoms with van der Waals surface area (Å²) in [5.74, 6) is 0.604. The van der Waals surface area contributed by atoms with Gasteiger partial charge in [-0.3, -0.25) is 4.79 Å². The third-order valence-electron chi connectivity index (χ3n) is 2.73. The Morgan fingerprint density at radius 1 is 1.80 bits per heavy atom. The van der Waals surface area contributed by atoms with Gasteiger partial charge in [0, 0.05) is 0 Å². The minimum absolute atomic E-state index is 0.158. The van der Waals surface area contributed by atoms with Crippen molar-refractivity contribution in [3.63, 3.8) is 0 Å². The number of aromatic nitrogens is 2. The first kappa shape index (κ1) is 10.1. The molecule has 3 N–H and O–H groups in total. The van der Waals surface area contributed by atoms with Crippen LogP contribution >= 0.6 is 0 Å². The highest BCUT2D eigenvalue weighted by atomic mass is 16.5. The van der Waals surface area contributed by atoms with Gasteiger partial charge in [-0.05, 0) is 25.7 Å². The first-order chi connectivity index (χ1) is 7.10. The second kappa shape index (κ2) is 3.62. The molecule has 1 saturated carbocycles. The van der Waals surface area contributed by atoms with Crippen molar-refractivity contribution in [2.24, 2.45) is 11.7 Å². The topological polar surface area (TPSA) is 94.0 Å². The fraction of sp³-hybridized carbons (Fsp3) is 0.667. The standard InChI is InChI=1S/C9H14N4O2/c1-9(10,6-2-3-6)8(14)11-4-7-12-5-15-13-7/h5-6H,2-4,10H2,1H3,(H,11,14). The minimum atomic E-state index is -0.774. The lowest BCUT2D eigenvalue weighted by molar-refractivity contribution is -0.126. The fourth-order valence-corrected chi connectivity index (χ4v) is 1.49. The molecule has 1 atom stereocenters. The van der Waals surface area contributed by atoms with Crippen LogP contribution in [0.25, 0.3) is 0 Å². The van der Waals surface area contributed by atoms with Crippen LogP contribution in [-0.2, 0) is 11.3 Å². The lowest BCUT2D eigenvalue weighted by Gasteiger charge is -2.22. The summed E-state index contributed by atoms with van der Waals surface area (Å²) in [5.41, 5.74) is 5.15. The van der Waals surface area contributed by atoms with Crippen molar-refractivity contribution >= 4 is 5.91 Å². The van der Waals surface area contributed by atoms with Crippen molar-refractivity contribution < 1.29 is 9.32 Å². The Kier molecular flexibility index (Phi) is 2.44. The van der Waals surface area contributed by atoms with Crippen molar-refractivity contribution in [2.75, 3.05) is 0 Å². The lowest BCUT2D eigenvalue weighted by atomic mass is 9.96. The predicted molar refractivity (Wildman–Crippen MR) is 51.5 cm³/mol. The number of rotatable bonds is 4. The molecular formula is C9H14N4O2. The zero-order chi connectivity index (χ0) is 10.9. The average molecular weight is 210 g/mol. The molecule has 0 radical (unpaired) electrons. The largest absolute Gasteiger partial charge is 0.347 e. The zero-order valence-electron chi connectivity index (χ0n) is 8.56. The van der Waals surface area contributed by atoms with Crippen molar-refractivity contribution in [3.8, 4) is 0 Å². The third-order valence-corrected chi connectivity index (χ3v) is 2.73.